The van der Waals surface area contributed by atoms with E-state index in [1.54, 1.807) is 7.11 Å². The van der Waals surface area contributed by atoms with Gasteiger partial charge in [-0.2, -0.15) is 0 Å². The van der Waals surface area contributed by atoms with Gasteiger partial charge in [0.05, 0.1) is 13.7 Å². The molecule has 0 aromatic heterocycles. The molecule has 0 bridgehead atoms. The van der Waals surface area contributed by atoms with Gasteiger partial charge >= 0.3 is 5.97 Å². The van der Waals surface area contributed by atoms with Crippen molar-refractivity contribution in [3.8, 4) is 0 Å². The molecule has 1 aliphatic heterocycles. The van der Waals surface area contributed by atoms with E-state index in [2.05, 4.69) is 11.8 Å². The maximum Gasteiger partial charge on any atom is 0.323 e. The van der Waals surface area contributed by atoms with Crippen LogP contribution in [0, 0.1) is 0 Å². The summed E-state index contributed by atoms with van der Waals surface area (Å²) >= 11 is 0. The van der Waals surface area contributed by atoms with Gasteiger partial charge in [0.2, 0.25) is 0 Å². The molecule has 15 heavy (non-hydrogen) atoms. The van der Waals surface area contributed by atoms with Crippen molar-refractivity contribution in [3.05, 3.63) is 0 Å². The minimum atomic E-state index is -0.113. The number of carbonyl (C=O) groups excluding carboxylic acids is 1. The number of nitrogens with zero attached hydrogens (tertiary/aromatic N) is 1. The quantitative estimate of drug-likeness (QED) is 0.657. The van der Waals surface area contributed by atoms with Crippen LogP contribution < -0.4 is 0 Å². The normalized spacial score (nSPS) is 24.9. The Morgan fingerprint density at radius 3 is 2.80 bits per heavy atom. The van der Waals surface area contributed by atoms with Crippen LogP contribution in [0.25, 0.3) is 0 Å². The highest BCUT2D eigenvalue weighted by atomic mass is 16.5. The number of carbonyl (C=O) groups is 1. The summed E-state index contributed by atoms with van der Waals surface area (Å²) in [7, 11) is 3.14. The van der Waals surface area contributed by atoms with Crippen molar-refractivity contribution >= 4 is 5.97 Å². The molecule has 1 saturated heterocycles. The third kappa shape index (κ3) is 3.18. The first-order valence-electron chi connectivity index (χ1n) is 5.53. The molecule has 2 unspecified atom stereocenters. The lowest BCUT2D eigenvalue weighted by molar-refractivity contribution is -0.149. The smallest absolute Gasteiger partial charge is 0.323 e. The zero-order valence-corrected chi connectivity index (χ0v) is 9.86. The van der Waals surface area contributed by atoms with Gasteiger partial charge in [-0.15, -0.1) is 0 Å². The van der Waals surface area contributed by atoms with Gasteiger partial charge in [-0.3, -0.25) is 9.69 Å². The average Bonchev–Trinajstić information content (AvgIpc) is 2.28. The van der Waals surface area contributed by atoms with E-state index in [1.165, 1.54) is 7.11 Å². The van der Waals surface area contributed by atoms with E-state index in [4.69, 9.17) is 9.47 Å². The van der Waals surface area contributed by atoms with E-state index in [0.717, 1.165) is 25.8 Å². The predicted molar refractivity (Wildman–Crippen MR) is 57.7 cm³/mol. The summed E-state index contributed by atoms with van der Waals surface area (Å²) < 4.78 is 9.95. The molecule has 0 aromatic rings. The number of hydrogen-bond donors (Lipinski definition) is 0. The second kappa shape index (κ2) is 6.08. The number of likely N-dealkylation sites (tertiary alicyclic amines) is 1. The second-order valence-corrected chi connectivity index (χ2v) is 4.08. The van der Waals surface area contributed by atoms with Gasteiger partial charge in [0.15, 0.2) is 0 Å². The molecule has 1 rings (SSSR count). The summed E-state index contributed by atoms with van der Waals surface area (Å²) in [5, 5.41) is 0. The first kappa shape index (κ1) is 12.5. The number of methoxy groups -OCH3 is 2. The summed E-state index contributed by atoms with van der Waals surface area (Å²) in [6, 6.07) is 0.202. The molecule has 0 aliphatic carbocycles. The fraction of sp³-hybridized carbons (Fsp3) is 0.909. The largest absolute Gasteiger partial charge is 0.468 e. The predicted octanol–water partition coefficient (Wildman–Crippen LogP) is 1.05. The fourth-order valence-corrected chi connectivity index (χ4v) is 2.21. The zero-order valence-electron chi connectivity index (χ0n) is 9.86. The van der Waals surface area contributed by atoms with Gasteiger partial charge in [-0.1, -0.05) is 6.42 Å². The van der Waals surface area contributed by atoms with Crippen LogP contribution in [0.4, 0.5) is 0 Å². The summed E-state index contributed by atoms with van der Waals surface area (Å²) in [5.41, 5.74) is 0. The van der Waals surface area contributed by atoms with Crippen molar-refractivity contribution in [2.75, 3.05) is 27.4 Å². The molecule has 0 N–H and O–H groups in total. The van der Waals surface area contributed by atoms with Crippen molar-refractivity contribution in [2.45, 2.75) is 38.3 Å². The Morgan fingerprint density at radius 1 is 1.47 bits per heavy atom. The van der Waals surface area contributed by atoms with Crippen molar-refractivity contribution in [2.24, 2.45) is 0 Å². The Hall–Kier alpha value is -0.610. The average molecular weight is 215 g/mol. The van der Waals surface area contributed by atoms with Gasteiger partial charge in [0, 0.05) is 13.2 Å². The van der Waals surface area contributed by atoms with E-state index in [9.17, 15) is 4.79 Å². The Morgan fingerprint density at radius 2 is 2.20 bits per heavy atom. The Bertz CT molecular complexity index is 208. The van der Waals surface area contributed by atoms with Crippen LogP contribution in [0.2, 0.25) is 0 Å². The molecule has 0 aromatic carbocycles. The summed E-state index contributed by atoms with van der Waals surface area (Å²) in [6.07, 6.45) is 3.16. The number of hydrogen-bond acceptors (Lipinski definition) is 4. The van der Waals surface area contributed by atoms with Crippen LogP contribution in [0.5, 0.6) is 0 Å². The monoisotopic (exact) mass is 215 g/mol. The fourth-order valence-electron chi connectivity index (χ4n) is 2.21. The highest BCUT2D eigenvalue weighted by molar-refractivity contribution is 5.75. The second-order valence-electron chi connectivity index (χ2n) is 4.08. The molecule has 0 amide bonds. The SMILES string of the molecule is COCC(C)N1CCCCC1C(=O)OC. The molecule has 88 valence electrons. The van der Waals surface area contributed by atoms with Gasteiger partial charge in [0.25, 0.3) is 0 Å². The molecule has 4 nitrogen and oxygen atoms in total. The van der Waals surface area contributed by atoms with Crippen LogP contribution in [0.3, 0.4) is 0 Å². The van der Waals surface area contributed by atoms with E-state index < -0.39 is 0 Å². The molecule has 1 fully saturated rings. The van der Waals surface area contributed by atoms with E-state index in [1.807, 2.05) is 0 Å². The number of piperidine rings is 1. The topological polar surface area (TPSA) is 38.8 Å². The lowest BCUT2D eigenvalue weighted by Crippen LogP contribution is -2.50. The summed E-state index contributed by atoms with van der Waals surface area (Å²) in [6.45, 7) is 3.71. The molecule has 0 saturated carbocycles. The highest BCUT2D eigenvalue weighted by Crippen LogP contribution is 2.20. The van der Waals surface area contributed by atoms with Gasteiger partial charge in [-0.05, 0) is 26.3 Å². The van der Waals surface area contributed by atoms with Crippen LogP contribution >= 0.6 is 0 Å². The minimum absolute atomic E-state index is 0.0751. The van der Waals surface area contributed by atoms with Crippen LogP contribution in [0.1, 0.15) is 26.2 Å². The van der Waals surface area contributed by atoms with E-state index in [-0.39, 0.29) is 18.1 Å². The van der Waals surface area contributed by atoms with Gasteiger partial charge < -0.3 is 9.47 Å². The molecule has 1 heterocycles. The first-order valence-corrected chi connectivity index (χ1v) is 5.53. The number of rotatable bonds is 4. The van der Waals surface area contributed by atoms with Crippen molar-refractivity contribution < 1.29 is 14.3 Å². The lowest BCUT2D eigenvalue weighted by Gasteiger charge is -2.37. The third-order valence-electron chi connectivity index (χ3n) is 2.99. The Balaban J connectivity index is 2.60. The molecule has 4 heteroatoms. The molecule has 2 atom stereocenters. The van der Waals surface area contributed by atoms with E-state index in [0.29, 0.717) is 6.61 Å². The zero-order chi connectivity index (χ0) is 11.3. The summed E-state index contributed by atoms with van der Waals surface area (Å²) in [4.78, 5) is 13.8. The van der Waals surface area contributed by atoms with Crippen molar-refractivity contribution in [1.29, 1.82) is 0 Å². The molecule has 1 aliphatic rings. The molecule has 0 radical (unpaired) electrons. The van der Waals surface area contributed by atoms with Gasteiger partial charge in [-0.25, -0.2) is 0 Å². The Kier molecular flexibility index (Phi) is 5.05. The molecular weight excluding hydrogens is 194 g/mol. The van der Waals surface area contributed by atoms with E-state index >= 15 is 0 Å². The third-order valence-corrected chi connectivity index (χ3v) is 2.99. The van der Waals surface area contributed by atoms with Crippen LogP contribution in [-0.4, -0.2) is 50.3 Å². The minimum Gasteiger partial charge on any atom is -0.468 e. The lowest BCUT2D eigenvalue weighted by atomic mass is 10.0. The van der Waals surface area contributed by atoms with Crippen molar-refractivity contribution in [1.82, 2.24) is 4.90 Å². The first-order chi connectivity index (χ1) is 7.20. The molecular formula is C11H21NO3. The Labute approximate surface area is 91.5 Å². The van der Waals surface area contributed by atoms with Crippen LogP contribution in [0.15, 0.2) is 0 Å². The number of ether oxygens (including phenoxy) is 2. The standard InChI is InChI=1S/C11H21NO3/c1-9(8-14-2)12-7-5-4-6-10(12)11(13)15-3/h9-10H,4-8H2,1-3H3. The summed E-state index contributed by atoms with van der Waals surface area (Å²) in [5.74, 6) is -0.113. The molecule has 0 spiro atoms. The maximum absolute atomic E-state index is 11.6. The maximum atomic E-state index is 11.6. The number of esters is 1. The van der Waals surface area contributed by atoms with Crippen molar-refractivity contribution in [3.63, 3.8) is 0 Å². The van der Waals surface area contributed by atoms with Gasteiger partial charge in [0.1, 0.15) is 6.04 Å². The highest BCUT2D eigenvalue weighted by Gasteiger charge is 2.32. The van der Waals surface area contributed by atoms with Crippen LogP contribution in [-0.2, 0) is 14.3 Å².